The maximum absolute atomic E-state index is 13.4. The van der Waals surface area contributed by atoms with Crippen LogP contribution in [0.3, 0.4) is 0 Å². The molecule has 1 heterocycles. The van der Waals surface area contributed by atoms with Gasteiger partial charge in [-0.1, -0.05) is 60.7 Å². The van der Waals surface area contributed by atoms with Crippen LogP contribution in [0, 0.1) is 0 Å². The Morgan fingerprint density at radius 3 is 1.88 bits per heavy atom. The molecule has 2 aromatic rings. The lowest BCUT2D eigenvalue weighted by molar-refractivity contribution is -0.131. The van der Waals surface area contributed by atoms with Gasteiger partial charge in [-0.3, -0.25) is 9.69 Å². The summed E-state index contributed by atoms with van der Waals surface area (Å²) in [4.78, 5) is 27.3. The minimum atomic E-state index is -1.21. The van der Waals surface area contributed by atoms with E-state index in [-0.39, 0.29) is 18.1 Å². The van der Waals surface area contributed by atoms with Crippen LogP contribution in [0.25, 0.3) is 0 Å². The number of urea groups is 1. The van der Waals surface area contributed by atoms with Gasteiger partial charge in [0.05, 0.1) is 18.8 Å². The zero-order valence-electron chi connectivity index (χ0n) is 15.4. The molecule has 3 rings (SSSR count). The number of amides is 3. The van der Waals surface area contributed by atoms with Crippen molar-refractivity contribution in [3.63, 3.8) is 0 Å². The van der Waals surface area contributed by atoms with Gasteiger partial charge in [-0.2, -0.15) is 0 Å². The Morgan fingerprint density at radius 1 is 0.923 bits per heavy atom. The number of nitrogens with zero attached hydrogens (tertiary/aromatic N) is 1. The number of carbonyl (C=O) groups is 2. The minimum absolute atomic E-state index is 0.212. The molecular formula is C21H24N2O3. The Kier molecular flexibility index (Phi) is 4.83. The third-order valence-corrected chi connectivity index (χ3v) is 4.37. The molecule has 2 aromatic carbocycles. The van der Waals surface area contributed by atoms with E-state index in [1.54, 1.807) is 0 Å². The summed E-state index contributed by atoms with van der Waals surface area (Å²) in [6, 6.07) is 18.3. The minimum Gasteiger partial charge on any atom is -0.374 e. The van der Waals surface area contributed by atoms with Gasteiger partial charge >= 0.3 is 6.03 Å². The monoisotopic (exact) mass is 352 g/mol. The fourth-order valence-electron chi connectivity index (χ4n) is 3.16. The molecule has 1 N–H and O–H groups in total. The van der Waals surface area contributed by atoms with E-state index in [1.165, 1.54) is 4.90 Å². The molecule has 26 heavy (non-hydrogen) atoms. The molecule has 136 valence electrons. The van der Waals surface area contributed by atoms with Crippen molar-refractivity contribution < 1.29 is 14.3 Å². The molecule has 0 aromatic heterocycles. The molecule has 0 bridgehead atoms. The Morgan fingerprint density at radius 2 is 1.42 bits per heavy atom. The average molecular weight is 352 g/mol. The van der Waals surface area contributed by atoms with E-state index in [0.29, 0.717) is 6.61 Å². The molecule has 1 aliphatic heterocycles. The zero-order chi connectivity index (χ0) is 18.8. The SMILES string of the molecule is CC(C)(C)OCCN1C(=O)NC(c2ccccc2)(c2ccccc2)C1=O. The second kappa shape index (κ2) is 6.92. The predicted octanol–water partition coefficient (Wildman–Crippen LogP) is 3.30. The van der Waals surface area contributed by atoms with Gasteiger partial charge in [0.2, 0.25) is 0 Å². The summed E-state index contributed by atoms with van der Waals surface area (Å²) in [5.41, 5.74) is -0.0520. The van der Waals surface area contributed by atoms with Gasteiger partial charge in [-0.15, -0.1) is 0 Å². The first-order valence-corrected chi connectivity index (χ1v) is 8.74. The lowest BCUT2D eigenvalue weighted by atomic mass is 9.82. The number of hydrogen-bond acceptors (Lipinski definition) is 3. The maximum atomic E-state index is 13.4. The molecule has 0 saturated carbocycles. The number of ether oxygens (including phenoxy) is 1. The number of hydrogen-bond donors (Lipinski definition) is 1. The van der Waals surface area contributed by atoms with Crippen LogP contribution >= 0.6 is 0 Å². The van der Waals surface area contributed by atoms with Crippen molar-refractivity contribution in [2.24, 2.45) is 0 Å². The highest BCUT2D eigenvalue weighted by molar-refractivity contribution is 6.09. The van der Waals surface area contributed by atoms with Crippen molar-refractivity contribution in [2.75, 3.05) is 13.2 Å². The molecule has 0 spiro atoms. The normalized spacial score (nSPS) is 16.7. The first-order chi connectivity index (χ1) is 12.3. The van der Waals surface area contributed by atoms with Crippen LogP contribution in [-0.2, 0) is 15.1 Å². The van der Waals surface area contributed by atoms with E-state index < -0.39 is 11.6 Å². The fourth-order valence-corrected chi connectivity index (χ4v) is 3.16. The first kappa shape index (κ1) is 18.1. The van der Waals surface area contributed by atoms with Crippen molar-refractivity contribution in [2.45, 2.75) is 31.9 Å². The Labute approximate surface area is 154 Å². The quantitative estimate of drug-likeness (QED) is 0.840. The van der Waals surface area contributed by atoms with E-state index >= 15 is 0 Å². The number of rotatable bonds is 5. The highest BCUT2D eigenvalue weighted by Gasteiger charge is 2.53. The summed E-state index contributed by atoms with van der Waals surface area (Å²) in [5.74, 6) is -0.280. The number of benzene rings is 2. The van der Waals surface area contributed by atoms with Crippen LogP contribution in [0.2, 0.25) is 0 Å². The number of nitrogens with one attached hydrogen (secondary N) is 1. The van der Waals surface area contributed by atoms with Gasteiger partial charge in [0.25, 0.3) is 5.91 Å². The highest BCUT2D eigenvalue weighted by atomic mass is 16.5. The molecule has 3 amide bonds. The summed E-state index contributed by atoms with van der Waals surface area (Å²) < 4.78 is 5.69. The lowest BCUT2D eigenvalue weighted by Gasteiger charge is -2.28. The number of imide groups is 1. The standard InChI is InChI=1S/C21H24N2O3/c1-20(2,3)26-15-14-23-18(24)21(22-19(23)25,16-10-6-4-7-11-16)17-12-8-5-9-13-17/h4-13H,14-15H2,1-3H3,(H,22,25). The van der Waals surface area contributed by atoms with E-state index in [2.05, 4.69) is 5.32 Å². The maximum Gasteiger partial charge on any atom is 0.325 e. The molecule has 5 heteroatoms. The van der Waals surface area contributed by atoms with Crippen LogP contribution in [0.4, 0.5) is 4.79 Å². The third-order valence-electron chi connectivity index (χ3n) is 4.37. The second-order valence-electron chi connectivity index (χ2n) is 7.33. The van der Waals surface area contributed by atoms with Gasteiger partial charge in [0, 0.05) is 0 Å². The molecule has 0 unspecified atom stereocenters. The average Bonchev–Trinajstić information content (AvgIpc) is 2.88. The zero-order valence-corrected chi connectivity index (χ0v) is 15.4. The molecule has 1 aliphatic rings. The second-order valence-corrected chi connectivity index (χ2v) is 7.33. The van der Waals surface area contributed by atoms with Crippen LogP contribution in [0.15, 0.2) is 60.7 Å². The van der Waals surface area contributed by atoms with E-state index in [1.807, 2.05) is 81.4 Å². The van der Waals surface area contributed by atoms with Crippen LogP contribution in [0.5, 0.6) is 0 Å². The van der Waals surface area contributed by atoms with E-state index in [9.17, 15) is 9.59 Å². The van der Waals surface area contributed by atoms with Crippen molar-refractivity contribution in [3.05, 3.63) is 71.8 Å². The van der Waals surface area contributed by atoms with Gasteiger partial charge in [0.15, 0.2) is 5.54 Å². The van der Waals surface area contributed by atoms with E-state index in [0.717, 1.165) is 11.1 Å². The van der Waals surface area contributed by atoms with Gasteiger partial charge < -0.3 is 10.1 Å². The van der Waals surface area contributed by atoms with Gasteiger partial charge in [-0.25, -0.2) is 4.79 Å². The summed E-state index contributed by atoms with van der Waals surface area (Å²) in [6.07, 6.45) is 0. The Hall–Kier alpha value is -2.66. The van der Waals surface area contributed by atoms with Crippen LogP contribution in [-0.4, -0.2) is 35.6 Å². The van der Waals surface area contributed by atoms with Crippen molar-refractivity contribution in [3.8, 4) is 0 Å². The topological polar surface area (TPSA) is 58.6 Å². The fraction of sp³-hybridized carbons (Fsp3) is 0.333. The largest absolute Gasteiger partial charge is 0.374 e. The molecule has 0 radical (unpaired) electrons. The smallest absolute Gasteiger partial charge is 0.325 e. The Bertz CT molecular complexity index is 742. The lowest BCUT2D eigenvalue weighted by Crippen LogP contribution is -2.45. The van der Waals surface area contributed by atoms with Crippen LogP contribution < -0.4 is 5.32 Å². The molecular weight excluding hydrogens is 328 g/mol. The predicted molar refractivity (Wildman–Crippen MR) is 99.6 cm³/mol. The van der Waals surface area contributed by atoms with Crippen molar-refractivity contribution in [1.29, 1.82) is 0 Å². The summed E-state index contributed by atoms with van der Waals surface area (Å²) in [7, 11) is 0. The van der Waals surface area contributed by atoms with Crippen LogP contribution in [0.1, 0.15) is 31.9 Å². The summed E-state index contributed by atoms with van der Waals surface area (Å²) >= 11 is 0. The van der Waals surface area contributed by atoms with Gasteiger partial charge in [0.1, 0.15) is 0 Å². The first-order valence-electron chi connectivity index (χ1n) is 8.74. The van der Waals surface area contributed by atoms with E-state index in [4.69, 9.17) is 4.74 Å². The van der Waals surface area contributed by atoms with Gasteiger partial charge in [-0.05, 0) is 31.9 Å². The molecule has 0 atom stereocenters. The molecule has 5 nitrogen and oxygen atoms in total. The molecule has 0 aliphatic carbocycles. The third kappa shape index (κ3) is 3.35. The molecule has 1 fully saturated rings. The summed E-state index contributed by atoms with van der Waals surface area (Å²) in [6.45, 7) is 6.33. The van der Waals surface area contributed by atoms with Crippen molar-refractivity contribution in [1.82, 2.24) is 10.2 Å². The van der Waals surface area contributed by atoms with Crippen molar-refractivity contribution >= 4 is 11.9 Å². The highest BCUT2D eigenvalue weighted by Crippen LogP contribution is 2.35. The Balaban J connectivity index is 1.96. The molecule has 1 saturated heterocycles. The number of carbonyl (C=O) groups excluding carboxylic acids is 2. The summed E-state index contributed by atoms with van der Waals surface area (Å²) in [5, 5.41) is 2.93.